The molecule has 10 heteroatoms. The van der Waals surface area contributed by atoms with Crippen molar-refractivity contribution in [3.05, 3.63) is 46.7 Å². The van der Waals surface area contributed by atoms with E-state index in [1.54, 1.807) is 36.2 Å². The fourth-order valence-corrected chi connectivity index (χ4v) is 5.39. The number of aromatic nitrogens is 3. The van der Waals surface area contributed by atoms with Crippen LogP contribution in [-0.4, -0.2) is 46.5 Å². The van der Waals surface area contributed by atoms with Gasteiger partial charge in [0.1, 0.15) is 10.7 Å². The number of nitrogens with one attached hydrogen (secondary N) is 1. The van der Waals surface area contributed by atoms with Crippen molar-refractivity contribution in [3.8, 4) is 10.6 Å². The molecule has 0 aliphatic carbocycles. The highest BCUT2D eigenvalue weighted by Crippen LogP contribution is 2.28. The first kappa shape index (κ1) is 22.1. The third kappa shape index (κ3) is 4.30. The Bertz CT molecular complexity index is 1180. The third-order valence-corrected chi connectivity index (χ3v) is 7.84. The molecule has 0 spiro atoms. The number of sulfonamides is 1. The van der Waals surface area contributed by atoms with Gasteiger partial charge in [0.15, 0.2) is 0 Å². The summed E-state index contributed by atoms with van der Waals surface area (Å²) in [4.78, 5) is 17.3. The van der Waals surface area contributed by atoms with Crippen LogP contribution in [0.2, 0.25) is 0 Å². The summed E-state index contributed by atoms with van der Waals surface area (Å²) in [5, 5.41) is 9.32. The van der Waals surface area contributed by atoms with Gasteiger partial charge in [0.05, 0.1) is 11.1 Å². The fourth-order valence-electron chi connectivity index (χ4n) is 3.05. The van der Waals surface area contributed by atoms with E-state index in [4.69, 9.17) is 0 Å². The topological polar surface area (TPSA) is 97.2 Å². The lowest BCUT2D eigenvalue weighted by molar-refractivity contribution is 0.102. The average molecular weight is 448 g/mol. The Morgan fingerprint density at radius 2 is 1.93 bits per heavy atom. The van der Waals surface area contributed by atoms with Gasteiger partial charge >= 0.3 is 0 Å². The average Bonchev–Trinajstić information content (AvgIpc) is 3.35. The van der Waals surface area contributed by atoms with Crippen molar-refractivity contribution in [2.45, 2.75) is 32.6 Å². The van der Waals surface area contributed by atoms with Crippen molar-refractivity contribution in [2.24, 2.45) is 7.05 Å². The van der Waals surface area contributed by atoms with Crippen LogP contribution in [0.4, 0.5) is 5.69 Å². The summed E-state index contributed by atoms with van der Waals surface area (Å²) in [6.45, 7) is 8.03. The number of anilines is 1. The molecule has 3 aromatic rings. The van der Waals surface area contributed by atoms with Gasteiger partial charge in [0.2, 0.25) is 10.0 Å². The van der Waals surface area contributed by atoms with E-state index in [1.165, 1.54) is 21.7 Å². The minimum atomic E-state index is -3.63. The second kappa shape index (κ2) is 8.66. The highest BCUT2D eigenvalue weighted by Gasteiger charge is 2.24. The second-order valence-corrected chi connectivity index (χ2v) is 9.69. The first-order valence-corrected chi connectivity index (χ1v) is 11.9. The molecule has 1 aromatic carbocycles. The van der Waals surface area contributed by atoms with Crippen LogP contribution in [0.15, 0.2) is 34.8 Å². The van der Waals surface area contributed by atoms with Crippen LogP contribution in [0.25, 0.3) is 10.6 Å². The standard InChI is InChI=1S/C20H25N5O3S2/c1-6-25(7-2)30(27,28)16-8-13(3)14(4)17(9-16)22-19(26)18-12-29-20(23-18)15-10-21-24(5)11-15/h8-12H,6-7H2,1-5H3,(H,22,26). The molecule has 0 saturated carbocycles. The van der Waals surface area contributed by atoms with Crippen molar-refractivity contribution in [3.63, 3.8) is 0 Å². The Labute approximate surface area is 180 Å². The summed E-state index contributed by atoms with van der Waals surface area (Å²) in [6, 6.07) is 3.16. The Morgan fingerprint density at radius 3 is 2.53 bits per heavy atom. The molecule has 3 rings (SSSR count). The van der Waals surface area contributed by atoms with E-state index < -0.39 is 10.0 Å². The third-order valence-electron chi connectivity index (χ3n) is 4.92. The molecule has 1 N–H and O–H groups in total. The molecule has 160 valence electrons. The molecule has 2 heterocycles. The lowest BCUT2D eigenvalue weighted by Gasteiger charge is -2.20. The van der Waals surface area contributed by atoms with Gasteiger partial charge in [-0.25, -0.2) is 13.4 Å². The Balaban J connectivity index is 1.90. The molecule has 0 atom stereocenters. The molecule has 0 fully saturated rings. The van der Waals surface area contributed by atoms with Gasteiger partial charge in [-0.05, 0) is 37.1 Å². The summed E-state index contributed by atoms with van der Waals surface area (Å²) in [5.41, 5.74) is 3.16. The molecule has 0 aliphatic rings. The van der Waals surface area contributed by atoms with Crippen LogP contribution in [-0.2, 0) is 17.1 Å². The predicted octanol–water partition coefficient (Wildman–Crippen LogP) is 3.44. The first-order chi connectivity index (χ1) is 14.2. The Morgan fingerprint density at radius 1 is 1.23 bits per heavy atom. The zero-order valence-electron chi connectivity index (χ0n) is 17.6. The maximum Gasteiger partial charge on any atom is 0.275 e. The number of carbonyl (C=O) groups is 1. The lowest BCUT2D eigenvalue weighted by Crippen LogP contribution is -2.30. The Hall–Kier alpha value is -2.56. The van der Waals surface area contributed by atoms with Crippen LogP contribution >= 0.6 is 11.3 Å². The van der Waals surface area contributed by atoms with Crippen molar-refractivity contribution in [2.75, 3.05) is 18.4 Å². The molecule has 0 radical (unpaired) electrons. The van der Waals surface area contributed by atoms with Crippen LogP contribution in [0.3, 0.4) is 0 Å². The smallest absolute Gasteiger partial charge is 0.275 e. The van der Waals surface area contributed by atoms with E-state index >= 15 is 0 Å². The van der Waals surface area contributed by atoms with Crippen molar-refractivity contribution in [1.29, 1.82) is 0 Å². The summed E-state index contributed by atoms with van der Waals surface area (Å²) in [7, 11) is -1.82. The Kier molecular flexibility index (Phi) is 6.39. The number of thiazole rings is 1. The molecule has 0 aliphatic heterocycles. The zero-order valence-corrected chi connectivity index (χ0v) is 19.3. The normalized spacial score (nSPS) is 11.8. The number of aryl methyl sites for hydroxylation is 2. The highest BCUT2D eigenvalue weighted by atomic mass is 32.2. The summed E-state index contributed by atoms with van der Waals surface area (Å²) in [5.74, 6) is -0.388. The van der Waals surface area contributed by atoms with E-state index in [1.807, 2.05) is 27.1 Å². The van der Waals surface area contributed by atoms with E-state index in [0.29, 0.717) is 23.8 Å². The monoisotopic (exact) mass is 447 g/mol. The number of amides is 1. The van der Waals surface area contributed by atoms with Crippen molar-refractivity contribution < 1.29 is 13.2 Å². The fraction of sp³-hybridized carbons (Fsp3) is 0.350. The molecule has 8 nitrogen and oxygen atoms in total. The quantitative estimate of drug-likeness (QED) is 0.598. The molecule has 1 amide bonds. The molecular weight excluding hydrogens is 422 g/mol. The van der Waals surface area contributed by atoms with Gasteiger partial charge in [-0.1, -0.05) is 13.8 Å². The van der Waals surface area contributed by atoms with Crippen LogP contribution in [0.1, 0.15) is 35.5 Å². The molecule has 0 saturated heterocycles. The molecule has 30 heavy (non-hydrogen) atoms. The summed E-state index contributed by atoms with van der Waals surface area (Å²) < 4.78 is 28.9. The van der Waals surface area contributed by atoms with Crippen LogP contribution in [0.5, 0.6) is 0 Å². The van der Waals surface area contributed by atoms with Crippen LogP contribution < -0.4 is 5.32 Å². The maximum atomic E-state index is 12.9. The molecule has 0 unspecified atom stereocenters. The van der Waals surface area contributed by atoms with E-state index in [9.17, 15) is 13.2 Å². The van der Waals surface area contributed by atoms with Crippen molar-refractivity contribution >= 4 is 33.0 Å². The largest absolute Gasteiger partial charge is 0.320 e. The van der Waals surface area contributed by atoms with Crippen molar-refractivity contribution in [1.82, 2.24) is 19.1 Å². The SMILES string of the molecule is CCN(CC)S(=O)(=O)c1cc(C)c(C)c(NC(=O)c2csc(-c3cnn(C)c3)n2)c1. The minimum Gasteiger partial charge on any atom is -0.320 e. The highest BCUT2D eigenvalue weighted by molar-refractivity contribution is 7.89. The number of carbonyl (C=O) groups excluding carboxylic acids is 1. The number of rotatable bonds is 7. The van der Waals surface area contributed by atoms with E-state index in [0.717, 1.165) is 16.7 Å². The molecule has 2 aromatic heterocycles. The number of benzene rings is 1. The minimum absolute atomic E-state index is 0.166. The van der Waals surface area contributed by atoms with Gasteiger partial charge < -0.3 is 5.32 Å². The first-order valence-electron chi connectivity index (χ1n) is 9.54. The summed E-state index contributed by atoms with van der Waals surface area (Å²) in [6.07, 6.45) is 3.52. The summed E-state index contributed by atoms with van der Waals surface area (Å²) >= 11 is 1.35. The molecular formula is C20H25N5O3S2. The second-order valence-electron chi connectivity index (χ2n) is 6.90. The molecule has 0 bridgehead atoms. The number of hydrogen-bond acceptors (Lipinski definition) is 6. The number of nitrogens with zero attached hydrogens (tertiary/aromatic N) is 4. The number of hydrogen-bond donors (Lipinski definition) is 1. The van der Waals surface area contributed by atoms with Crippen LogP contribution in [0, 0.1) is 13.8 Å². The van der Waals surface area contributed by atoms with Gasteiger partial charge in [-0.15, -0.1) is 11.3 Å². The zero-order chi connectivity index (χ0) is 22.1. The predicted molar refractivity (Wildman–Crippen MR) is 118 cm³/mol. The van der Waals surface area contributed by atoms with E-state index in [-0.39, 0.29) is 16.5 Å². The van der Waals surface area contributed by atoms with Gasteiger partial charge in [-0.2, -0.15) is 9.40 Å². The van der Waals surface area contributed by atoms with Gasteiger partial charge in [0, 0.05) is 43.0 Å². The van der Waals surface area contributed by atoms with Gasteiger partial charge in [0.25, 0.3) is 5.91 Å². The lowest BCUT2D eigenvalue weighted by atomic mass is 10.1. The van der Waals surface area contributed by atoms with E-state index in [2.05, 4.69) is 15.4 Å². The maximum absolute atomic E-state index is 12.9. The van der Waals surface area contributed by atoms with Gasteiger partial charge in [-0.3, -0.25) is 9.48 Å².